The van der Waals surface area contributed by atoms with Crippen LogP contribution in [0.3, 0.4) is 0 Å². The second-order valence-electron chi connectivity index (χ2n) is 9.42. The number of aliphatic hydroxyl groups is 1. The van der Waals surface area contributed by atoms with Gasteiger partial charge in [0.25, 0.3) is 0 Å². The molecular weight excluding hydrogens is 490 g/mol. The number of ether oxygens (including phenoxy) is 1. The lowest BCUT2D eigenvalue weighted by atomic mass is 9.73. The van der Waals surface area contributed by atoms with Gasteiger partial charge >= 0.3 is 0 Å². The van der Waals surface area contributed by atoms with E-state index in [0.717, 1.165) is 52.4 Å². The van der Waals surface area contributed by atoms with Gasteiger partial charge in [0.05, 0.1) is 29.2 Å². The van der Waals surface area contributed by atoms with Crippen LogP contribution in [0.15, 0.2) is 53.8 Å². The number of fused-ring (bicyclic) bond motifs is 1. The van der Waals surface area contributed by atoms with Gasteiger partial charge in [-0.25, -0.2) is 10.5 Å². The standard InChI is InChI=1S/C27H35N5O4S/c1-36-20-5-6-22-21(16-20)25(19(17-28)18-30-22)23(33)7-8-27(26(34)31-35)9-12-32(13-10-27)14-15-37-24-4-2-3-11-29-24/h2-6,11,16,18,23,33,35H,7-10,12-15,17,28H2,1H3,(H,31,34). The number of aliphatic hydroxyl groups excluding tert-OH is 1. The zero-order valence-corrected chi connectivity index (χ0v) is 21.9. The maximum absolute atomic E-state index is 12.8. The number of pyridine rings is 2. The smallest absolute Gasteiger partial charge is 0.249 e. The molecule has 3 heterocycles. The molecule has 4 rings (SSSR count). The summed E-state index contributed by atoms with van der Waals surface area (Å²) in [5.74, 6) is 1.19. The van der Waals surface area contributed by atoms with E-state index in [2.05, 4.69) is 14.9 Å². The van der Waals surface area contributed by atoms with Crippen LogP contribution in [0.4, 0.5) is 0 Å². The summed E-state index contributed by atoms with van der Waals surface area (Å²) >= 11 is 1.71. The van der Waals surface area contributed by atoms with Crippen LogP contribution in [-0.4, -0.2) is 63.6 Å². The van der Waals surface area contributed by atoms with Gasteiger partial charge in [0.1, 0.15) is 5.75 Å². The Hall–Kier alpha value is -2.76. The third-order valence-electron chi connectivity index (χ3n) is 7.34. The fraction of sp³-hybridized carbons (Fsp3) is 0.444. The average Bonchev–Trinajstić information content (AvgIpc) is 2.95. The third-order valence-corrected chi connectivity index (χ3v) is 8.26. The molecule has 0 saturated carbocycles. The second-order valence-corrected chi connectivity index (χ2v) is 10.5. The van der Waals surface area contributed by atoms with Crippen LogP contribution >= 0.6 is 11.8 Å². The molecule has 5 N–H and O–H groups in total. The Kier molecular flexibility index (Phi) is 9.33. The van der Waals surface area contributed by atoms with Crippen molar-refractivity contribution in [1.82, 2.24) is 20.3 Å². The fourth-order valence-corrected chi connectivity index (χ4v) is 5.97. The molecule has 1 unspecified atom stereocenters. The van der Waals surface area contributed by atoms with E-state index in [4.69, 9.17) is 10.5 Å². The summed E-state index contributed by atoms with van der Waals surface area (Å²) < 4.78 is 5.38. The predicted octanol–water partition coefficient (Wildman–Crippen LogP) is 3.29. The molecule has 37 heavy (non-hydrogen) atoms. The summed E-state index contributed by atoms with van der Waals surface area (Å²) in [4.78, 5) is 24.0. The van der Waals surface area contributed by atoms with Crippen molar-refractivity contribution < 1.29 is 19.8 Å². The van der Waals surface area contributed by atoms with E-state index < -0.39 is 11.5 Å². The van der Waals surface area contributed by atoms with Gasteiger partial charge in [0.2, 0.25) is 5.91 Å². The number of nitrogens with one attached hydrogen (secondary N) is 1. The van der Waals surface area contributed by atoms with Crippen LogP contribution < -0.4 is 16.0 Å². The lowest BCUT2D eigenvalue weighted by Gasteiger charge is -2.40. The number of hydrogen-bond donors (Lipinski definition) is 4. The van der Waals surface area contributed by atoms with Crippen molar-refractivity contribution in [3.63, 3.8) is 0 Å². The highest BCUT2D eigenvalue weighted by molar-refractivity contribution is 7.99. The molecule has 1 aliphatic rings. The molecule has 198 valence electrons. The summed E-state index contributed by atoms with van der Waals surface area (Å²) in [5.41, 5.74) is 9.35. The van der Waals surface area contributed by atoms with Crippen LogP contribution in [-0.2, 0) is 11.3 Å². The van der Waals surface area contributed by atoms with E-state index in [-0.39, 0.29) is 12.5 Å². The Morgan fingerprint density at radius 1 is 1.27 bits per heavy atom. The van der Waals surface area contributed by atoms with Crippen molar-refractivity contribution in [2.24, 2.45) is 11.1 Å². The molecule has 1 atom stereocenters. The quantitative estimate of drug-likeness (QED) is 0.169. The Balaban J connectivity index is 1.43. The maximum atomic E-state index is 12.8. The zero-order chi connectivity index (χ0) is 26.3. The number of carbonyl (C=O) groups excluding carboxylic acids is 1. The van der Waals surface area contributed by atoms with Crippen molar-refractivity contribution in [3.05, 3.63) is 59.9 Å². The molecule has 1 aliphatic heterocycles. The number of thioether (sulfide) groups is 1. The Morgan fingerprint density at radius 2 is 2.08 bits per heavy atom. The molecule has 10 heteroatoms. The van der Waals surface area contributed by atoms with Crippen molar-refractivity contribution in [2.45, 2.75) is 43.4 Å². The summed E-state index contributed by atoms with van der Waals surface area (Å²) in [6.07, 6.45) is 4.66. The SMILES string of the molecule is COc1ccc2ncc(CN)c(C(O)CCC3(C(=O)NO)CCN(CCSc4ccccn4)CC3)c2c1. The van der Waals surface area contributed by atoms with E-state index in [1.54, 1.807) is 31.3 Å². The van der Waals surface area contributed by atoms with Gasteiger partial charge in [-0.15, -0.1) is 11.8 Å². The first-order valence-electron chi connectivity index (χ1n) is 12.5. The Morgan fingerprint density at radius 3 is 2.76 bits per heavy atom. The summed E-state index contributed by atoms with van der Waals surface area (Å²) in [6.45, 7) is 2.62. The molecule has 1 saturated heterocycles. The van der Waals surface area contributed by atoms with Gasteiger partial charge in [0.15, 0.2) is 0 Å². The van der Waals surface area contributed by atoms with Gasteiger partial charge in [-0.1, -0.05) is 6.07 Å². The molecule has 1 amide bonds. The highest BCUT2D eigenvalue weighted by Crippen LogP contribution is 2.40. The highest BCUT2D eigenvalue weighted by Gasteiger charge is 2.41. The number of benzene rings is 1. The number of hydrogen-bond acceptors (Lipinski definition) is 9. The summed E-state index contributed by atoms with van der Waals surface area (Å²) in [6, 6.07) is 11.4. The number of nitrogens with zero attached hydrogens (tertiary/aromatic N) is 3. The van der Waals surface area contributed by atoms with Crippen LogP contribution in [0.25, 0.3) is 10.9 Å². The number of rotatable bonds is 11. The summed E-state index contributed by atoms with van der Waals surface area (Å²) in [7, 11) is 1.60. The molecule has 9 nitrogen and oxygen atoms in total. The number of nitrogens with two attached hydrogens (primary N) is 1. The number of amides is 1. The van der Waals surface area contributed by atoms with E-state index >= 15 is 0 Å². The average molecular weight is 526 g/mol. The van der Waals surface area contributed by atoms with Gasteiger partial charge in [-0.05, 0) is 80.2 Å². The number of piperidine rings is 1. The number of methoxy groups -OCH3 is 1. The largest absolute Gasteiger partial charge is 0.497 e. The van der Waals surface area contributed by atoms with Gasteiger partial charge < -0.3 is 20.5 Å². The molecule has 2 aromatic heterocycles. The number of hydroxylamine groups is 1. The highest BCUT2D eigenvalue weighted by atomic mass is 32.2. The first-order chi connectivity index (χ1) is 18.0. The Bertz CT molecular complexity index is 1180. The molecule has 0 aliphatic carbocycles. The second kappa shape index (κ2) is 12.7. The molecule has 0 spiro atoms. The number of likely N-dealkylation sites (tertiary alicyclic amines) is 1. The molecule has 0 bridgehead atoms. The van der Waals surface area contributed by atoms with Crippen molar-refractivity contribution in [2.75, 3.05) is 32.5 Å². The minimum atomic E-state index is -0.840. The zero-order valence-electron chi connectivity index (χ0n) is 21.1. The monoisotopic (exact) mass is 525 g/mol. The van der Waals surface area contributed by atoms with Crippen LogP contribution in [0, 0.1) is 5.41 Å². The van der Waals surface area contributed by atoms with Crippen LogP contribution in [0.1, 0.15) is 42.9 Å². The number of carbonyl (C=O) groups is 1. The van der Waals surface area contributed by atoms with Crippen LogP contribution in [0.5, 0.6) is 5.75 Å². The molecule has 1 fully saturated rings. The van der Waals surface area contributed by atoms with Gasteiger partial charge in [-0.3, -0.25) is 15.0 Å². The lowest BCUT2D eigenvalue weighted by Crippen LogP contribution is -2.48. The summed E-state index contributed by atoms with van der Waals surface area (Å²) in [5, 5.41) is 22.6. The predicted molar refractivity (Wildman–Crippen MR) is 143 cm³/mol. The molecule has 1 aromatic carbocycles. The normalized spacial score (nSPS) is 16.4. The van der Waals surface area contributed by atoms with E-state index in [1.807, 2.05) is 41.9 Å². The first kappa shape index (κ1) is 27.3. The first-order valence-corrected chi connectivity index (χ1v) is 13.5. The Labute approximate surface area is 221 Å². The van der Waals surface area contributed by atoms with Crippen molar-refractivity contribution in [3.8, 4) is 5.75 Å². The number of aromatic nitrogens is 2. The molecule has 3 aromatic rings. The fourth-order valence-electron chi connectivity index (χ4n) is 5.10. The van der Waals surface area contributed by atoms with E-state index in [0.29, 0.717) is 31.4 Å². The third kappa shape index (κ3) is 6.39. The lowest BCUT2D eigenvalue weighted by molar-refractivity contribution is -0.143. The minimum Gasteiger partial charge on any atom is -0.497 e. The maximum Gasteiger partial charge on any atom is 0.249 e. The minimum absolute atomic E-state index is 0.236. The van der Waals surface area contributed by atoms with Gasteiger partial charge in [0, 0.05) is 36.6 Å². The van der Waals surface area contributed by atoms with E-state index in [9.17, 15) is 15.1 Å². The van der Waals surface area contributed by atoms with Crippen molar-refractivity contribution in [1.29, 1.82) is 0 Å². The molecular formula is C27H35N5O4S. The topological polar surface area (TPSA) is 134 Å². The van der Waals surface area contributed by atoms with Gasteiger partial charge in [-0.2, -0.15) is 0 Å². The van der Waals surface area contributed by atoms with Crippen molar-refractivity contribution >= 4 is 28.6 Å². The van der Waals surface area contributed by atoms with E-state index in [1.165, 1.54) is 0 Å². The molecule has 0 radical (unpaired) electrons. The van der Waals surface area contributed by atoms with Crippen LogP contribution in [0.2, 0.25) is 0 Å².